The van der Waals surface area contributed by atoms with E-state index in [0.717, 1.165) is 16.5 Å². The Morgan fingerprint density at radius 3 is 2.93 bits per heavy atom. The SMILES string of the molecule is CN(CC1CCN(C(=O)c2nsc3ccccc23)C1)C(=O)C1CCNC1=O. The molecule has 0 saturated carbocycles. The number of nitrogens with zero attached hydrogens (tertiary/aromatic N) is 3. The minimum absolute atomic E-state index is 0.0425. The Hall–Kier alpha value is -2.48. The Bertz CT molecular complexity index is 896. The van der Waals surface area contributed by atoms with Gasteiger partial charge in [-0.15, -0.1) is 0 Å². The quantitative estimate of drug-likeness (QED) is 0.804. The van der Waals surface area contributed by atoms with Crippen LogP contribution >= 0.6 is 11.5 Å². The molecule has 0 radical (unpaired) electrons. The zero-order chi connectivity index (χ0) is 19.0. The highest BCUT2D eigenvalue weighted by molar-refractivity contribution is 7.13. The molecule has 1 aromatic carbocycles. The third kappa shape index (κ3) is 3.41. The van der Waals surface area contributed by atoms with Crippen LogP contribution in [0.3, 0.4) is 0 Å². The van der Waals surface area contributed by atoms with Crippen LogP contribution in [0.5, 0.6) is 0 Å². The maximum atomic E-state index is 12.9. The lowest BCUT2D eigenvalue weighted by Gasteiger charge is -2.23. The molecule has 27 heavy (non-hydrogen) atoms. The zero-order valence-electron chi connectivity index (χ0n) is 15.2. The molecule has 4 rings (SSSR count). The van der Waals surface area contributed by atoms with Crippen molar-refractivity contribution in [2.45, 2.75) is 12.8 Å². The van der Waals surface area contributed by atoms with E-state index in [4.69, 9.17) is 0 Å². The van der Waals surface area contributed by atoms with Gasteiger partial charge in [-0.05, 0) is 36.4 Å². The Morgan fingerprint density at radius 1 is 1.33 bits per heavy atom. The molecule has 0 bridgehead atoms. The maximum Gasteiger partial charge on any atom is 0.274 e. The molecule has 0 aliphatic carbocycles. The summed E-state index contributed by atoms with van der Waals surface area (Å²) in [5.41, 5.74) is 0.517. The van der Waals surface area contributed by atoms with Gasteiger partial charge in [-0.1, -0.05) is 18.2 Å². The Kier molecular flexibility index (Phi) is 4.82. The average molecular weight is 386 g/mol. The van der Waals surface area contributed by atoms with Crippen LogP contribution in [0.2, 0.25) is 0 Å². The standard InChI is InChI=1S/C19H22N4O3S/c1-22(18(25)14-6-8-20-17(14)24)10-12-7-9-23(11-12)19(26)16-13-4-2-3-5-15(13)27-21-16/h2-5,12,14H,6-11H2,1H3,(H,20,24). The molecule has 2 aliphatic heterocycles. The second-order valence-corrected chi connectivity index (χ2v) is 8.09. The number of carbonyl (C=O) groups excluding carboxylic acids is 3. The molecule has 3 heterocycles. The molecule has 8 heteroatoms. The number of nitrogens with one attached hydrogen (secondary N) is 1. The van der Waals surface area contributed by atoms with Crippen molar-refractivity contribution in [1.82, 2.24) is 19.5 Å². The van der Waals surface area contributed by atoms with E-state index < -0.39 is 5.92 Å². The summed E-state index contributed by atoms with van der Waals surface area (Å²) >= 11 is 1.34. The van der Waals surface area contributed by atoms with E-state index in [1.54, 1.807) is 11.9 Å². The second-order valence-electron chi connectivity index (χ2n) is 7.28. The predicted molar refractivity (Wildman–Crippen MR) is 102 cm³/mol. The van der Waals surface area contributed by atoms with Crippen molar-refractivity contribution in [3.8, 4) is 0 Å². The molecule has 2 fully saturated rings. The molecule has 2 aliphatic rings. The summed E-state index contributed by atoms with van der Waals surface area (Å²) in [5, 5.41) is 3.60. The van der Waals surface area contributed by atoms with Crippen LogP contribution in [-0.4, -0.2) is 65.1 Å². The van der Waals surface area contributed by atoms with Crippen molar-refractivity contribution in [2.24, 2.45) is 11.8 Å². The van der Waals surface area contributed by atoms with E-state index in [9.17, 15) is 14.4 Å². The van der Waals surface area contributed by atoms with Crippen molar-refractivity contribution < 1.29 is 14.4 Å². The summed E-state index contributed by atoms with van der Waals surface area (Å²) in [6.45, 7) is 2.40. The summed E-state index contributed by atoms with van der Waals surface area (Å²) in [5.74, 6) is -0.683. The van der Waals surface area contributed by atoms with Crippen molar-refractivity contribution in [3.05, 3.63) is 30.0 Å². The first-order valence-electron chi connectivity index (χ1n) is 9.21. The van der Waals surface area contributed by atoms with E-state index in [2.05, 4.69) is 9.69 Å². The first-order chi connectivity index (χ1) is 13.0. The van der Waals surface area contributed by atoms with Gasteiger partial charge in [0.25, 0.3) is 5.91 Å². The molecule has 2 unspecified atom stereocenters. The highest BCUT2D eigenvalue weighted by atomic mass is 32.1. The predicted octanol–water partition coefficient (Wildman–Crippen LogP) is 1.35. The van der Waals surface area contributed by atoms with Crippen molar-refractivity contribution in [1.29, 1.82) is 0 Å². The van der Waals surface area contributed by atoms with Gasteiger partial charge in [-0.3, -0.25) is 14.4 Å². The summed E-state index contributed by atoms with van der Waals surface area (Å²) < 4.78 is 5.37. The third-order valence-corrected chi connectivity index (χ3v) is 6.23. The van der Waals surface area contributed by atoms with Gasteiger partial charge in [-0.2, -0.15) is 4.37 Å². The number of fused-ring (bicyclic) bond motifs is 1. The summed E-state index contributed by atoms with van der Waals surface area (Å²) in [6, 6.07) is 7.76. The van der Waals surface area contributed by atoms with Crippen LogP contribution in [0.25, 0.3) is 10.1 Å². The molecule has 2 aromatic rings. The fourth-order valence-corrected chi connectivity index (χ4v) is 4.70. The maximum absolute atomic E-state index is 12.9. The average Bonchev–Trinajstić information content (AvgIpc) is 3.40. The van der Waals surface area contributed by atoms with Gasteiger partial charge in [0.05, 0.1) is 4.70 Å². The van der Waals surface area contributed by atoms with Gasteiger partial charge in [0.15, 0.2) is 0 Å². The van der Waals surface area contributed by atoms with Gasteiger partial charge in [0.2, 0.25) is 11.8 Å². The minimum atomic E-state index is -0.560. The van der Waals surface area contributed by atoms with Crippen molar-refractivity contribution in [3.63, 3.8) is 0 Å². The summed E-state index contributed by atoms with van der Waals surface area (Å²) in [4.78, 5) is 40.5. The van der Waals surface area contributed by atoms with Crippen LogP contribution in [0, 0.1) is 11.8 Å². The van der Waals surface area contributed by atoms with Crippen LogP contribution in [-0.2, 0) is 9.59 Å². The highest BCUT2D eigenvalue weighted by Crippen LogP contribution is 2.26. The Balaban J connectivity index is 1.38. The van der Waals surface area contributed by atoms with Crippen molar-refractivity contribution in [2.75, 3.05) is 33.2 Å². The van der Waals surface area contributed by atoms with Crippen LogP contribution < -0.4 is 5.32 Å². The van der Waals surface area contributed by atoms with Crippen LogP contribution in [0.4, 0.5) is 0 Å². The summed E-state index contributed by atoms with van der Waals surface area (Å²) in [7, 11) is 1.74. The number of amides is 3. The van der Waals surface area contributed by atoms with Gasteiger partial charge >= 0.3 is 0 Å². The number of carbonyl (C=O) groups is 3. The molecule has 2 saturated heterocycles. The van der Waals surface area contributed by atoms with Crippen LogP contribution in [0.1, 0.15) is 23.3 Å². The van der Waals surface area contributed by atoms with Gasteiger partial charge in [-0.25, -0.2) is 0 Å². The lowest BCUT2D eigenvalue weighted by atomic mass is 10.0. The topological polar surface area (TPSA) is 82.6 Å². The molecule has 142 valence electrons. The lowest BCUT2D eigenvalue weighted by Crippen LogP contribution is -2.40. The first kappa shape index (κ1) is 17.9. The normalized spacial score (nSPS) is 22.3. The minimum Gasteiger partial charge on any atom is -0.355 e. The molecular weight excluding hydrogens is 364 g/mol. The van der Waals surface area contributed by atoms with Gasteiger partial charge < -0.3 is 15.1 Å². The molecule has 1 N–H and O–H groups in total. The van der Waals surface area contributed by atoms with E-state index >= 15 is 0 Å². The highest BCUT2D eigenvalue weighted by Gasteiger charge is 2.35. The number of rotatable bonds is 4. The Labute approximate surface area is 161 Å². The molecule has 1 aromatic heterocycles. The van der Waals surface area contributed by atoms with Crippen molar-refractivity contribution >= 4 is 39.3 Å². The van der Waals surface area contributed by atoms with Crippen LogP contribution in [0.15, 0.2) is 24.3 Å². The number of hydrogen-bond donors (Lipinski definition) is 1. The molecule has 7 nitrogen and oxygen atoms in total. The first-order valence-corrected chi connectivity index (χ1v) is 9.98. The van der Waals surface area contributed by atoms with Gasteiger partial charge in [0.1, 0.15) is 11.6 Å². The van der Waals surface area contributed by atoms with E-state index in [1.165, 1.54) is 11.5 Å². The Morgan fingerprint density at radius 2 is 2.15 bits per heavy atom. The third-order valence-electron chi connectivity index (χ3n) is 5.41. The molecule has 0 spiro atoms. The van der Waals surface area contributed by atoms with E-state index in [1.807, 2.05) is 29.2 Å². The second kappa shape index (κ2) is 7.26. The smallest absolute Gasteiger partial charge is 0.274 e. The molecule has 3 amide bonds. The monoisotopic (exact) mass is 386 g/mol. The van der Waals surface area contributed by atoms with Gasteiger partial charge in [0, 0.05) is 38.6 Å². The number of hydrogen-bond acceptors (Lipinski definition) is 5. The fraction of sp³-hybridized carbons (Fsp3) is 0.474. The number of likely N-dealkylation sites (tertiary alicyclic amines) is 1. The largest absolute Gasteiger partial charge is 0.355 e. The number of benzene rings is 1. The zero-order valence-corrected chi connectivity index (χ0v) is 16.0. The summed E-state index contributed by atoms with van der Waals surface area (Å²) in [6.07, 6.45) is 1.41. The fourth-order valence-electron chi connectivity index (χ4n) is 3.93. The van der Waals surface area contributed by atoms with E-state index in [0.29, 0.717) is 38.3 Å². The molecular formula is C19H22N4O3S. The molecule has 2 atom stereocenters. The lowest BCUT2D eigenvalue weighted by molar-refractivity contribution is -0.139. The van der Waals surface area contributed by atoms with E-state index in [-0.39, 0.29) is 23.6 Å². The number of aromatic nitrogens is 1.